The number of fused-ring (bicyclic) bond motifs is 1. The topological polar surface area (TPSA) is 58.9 Å². The predicted octanol–water partition coefficient (Wildman–Crippen LogP) is 3.71. The summed E-state index contributed by atoms with van der Waals surface area (Å²) in [4.78, 5) is 12.3. The number of aromatic nitrogens is 3. The molecule has 3 aromatic rings. The van der Waals surface area contributed by atoms with Crippen molar-refractivity contribution in [2.24, 2.45) is 0 Å². The van der Waals surface area contributed by atoms with E-state index in [9.17, 15) is 9.50 Å². The highest BCUT2D eigenvalue weighted by molar-refractivity contribution is 6.35. The number of hydrogen-bond donors (Lipinski definition) is 1. The molecule has 1 aromatic carbocycles. The van der Waals surface area contributed by atoms with Crippen LogP contribution >= 0.6 is 11.6 Å². The minimum Gasteiger partial charge on any atom is -0.382 e. The van der Waals surface area contributed by atoms with Crippen molar-refractivity contribution < 1.29 is 9.50 Å². The molecule has 0 aliphatic heterocycles. The van der Waals surface area contributed by atoms with E-state index in [1.54, 1.807) is 38.4 Å². The molecule has 0 unspecified atom stereocenters. The molecule has 0 saturated heterocycles. The zero-order chi connectivity index (χ0) is 15.9. The molecule has 6 heteroatoms. The van der Waals surface area contributed by atoms with Crippen LogP contribution in [0.15, 0.2) is 36.8 Å². The number of hydrogen-bond acceptors (Lipinski definition) is 4. The number of halogens is 2. The smallest absolute Gasteiger partial charge is 0.160 e. The molecule has 1 N–H and O–H groups in total. The first-order valence-electron chi connectivity index (χ1n) is 6.65. The number of benzene rings is 1. The van der Waals surface area contributed by atoms with Gasteiger partial charge in [0.25, 0.3) is 0 Å². The first kappa shape index (κ1) is 14.8. The molecule has 0 amide bonds. The second-order valence-corrected chi connectivity index (χ2v) is 5.88. The Kier molecular flexibility index (Phi) is 3.54. The zero-order valence-electron chi connectivity index (χ0n) is 12.0. The Morgan fingerprint density at radius 3 is 2.36 bits per heavy atom. The van der Waals surface area contributed by atoms with Crippen molar-refractivity contribution in [2.75, 3.05) is 0 Å². The maximum atomic E-state index is 13.5. The van der Waals surface area contributed by atoms with Gasteiger partial charge in [-0.15, -0.1) is 0 Å². The van der Waals surface area contributed by atoms with Crippen LogP contribution in [0.1, 0.15) is 19.7 Å². The van der Waals surface area contributed by atoms with Crippen LogP contribution in [0.5, 0.6) is 0 Å². The van der Waals surface area contributed by atoms with Crippen LogP contribution in [0.2, 0.25) is 5.02 Å². The first-order chi connectivity index (χ1) is 10.4. The monoisotopic (exact) mass is 317 g/mol. The third-order valence-electron chi connectivity index (χ3n) is 3.29. The highest BCUT2D eigenvalue weighted by Gasteiger charge is 2.19. The Hall–Kier alpha value is -2.11. The molecule has 0 atom stereocenters. The lowest BCUT2D eigenvalue weighted by molar-refractivity contribution is 0.0687. The summed E-state index contributed by atoms with van der Waals surface area (Å²) in [5.74, 6) is -0.220. The maximum Gasteiger partial charge on any atom is 0.160 e. The van der Waals surface area contributed by atoms with Crippen molar-refractivity contribution in [3.8, 4) is 11.1 Å². The molecular formula is C16H13ClFN3O. The van der Waals surface area contributed by atoms with Crippen LogP contribution in [0.25, 0.3) is 22.0 Å². The predicted molar refractivity (Wildman–Crippen MR) is 83.0 cm³/mol. The fourth-order valence-corrected chi connectivity index (χ4v) is 2.31. The third-order valence-corrected chi connectivity index (χ3v) is 3.68. The molecule has 2 aromatic heterocycles. The van der Waals surface area contributed by atoms with Gasteiger partial charge in [-0.2, -0.15) is 0 Å². The summed E-state index contributed by atoms with van der Waals surface area (Å²) in [5.41, 5.74) is 1.06. The minimum absolute atomic E-state index is 0.0425. The molecule has 0 saturated carbocycles. The number of rotatable bonds is 2. The molecule has 112 valence electrons. The van der Waals surface area contributed by atoms with Crippen LogP contribution < -0.4 is 0 Å². The van der Waals surface area contributed by atoms with E-state index in [1.165, 1.54) is 0 Å². The Morgan fingerprint density at radius 1 is 1.05 bits per heavy atom. The second-order valence-electron chi connectivity index (χ2n) is 5.51. The van der Waals surface area contributed by atoms with Crippen LogP contribution in [0.4, 0.5) is 4.39 Å². The molecule has 0 spiro atoms. The zero-order valence-corrected chi connectivity index (χ0v) is 12.8. The van der Waals surface area contributed by atoms with Gasteiger partial charge < -0.3 is 5.11 Å². The molecule has 22 heavy (non-hydrogen) atoms. The molecule has 4 nitrogen and oxygen atoms in total. The fraction of sp³-hybridized carbons (Fsp3) is 0.188. The van der Waals surface area contributed by atoms with Gasteiger partial charge in [0, 0.05) is 23.3 Å². The molecule has 0 radical (unpaired) electrons. The Bertz CT molecular complexity index is 844. The van der Waals surface area contributed by atoms with Crippen molar-refractivity contribution in [3.63, 3.8) is 0 Å². The number of pyridine rings is 1. The van der Waals surface area contributed by atoms with E-state index in [1.807, 2.05) is 6.07 Å². The van der Waals surface area contributed by atoms with Gasteiger partial charge in [-0.1, -0.05) is 17.7 Å². The van der Waals surface area contributed by atoms with E-state index < -0.39 is 11.4 Å². The first-order valence-corrected chi connectivity index (χ1v) is 7.03. The minimum atomic E-state index is -1.10. The second kappa shape index (κ2) is 5.26. The van der Waals surface area contributed by atoms with E-state index in [0.717, 1.165) is 17.3 Å². The van der Waals surface area contributed by atoms with Crippen molar-refractivity contribution in [3.05, 3.63) is 53.5 Å². The molecular weight excluding hydrogens is 305 g/mol. The molecule has 0 aliphatic rings. The number of aliphatic hydroxyl groups is 1. The third kappa shape index (κ3) is 2.65. The highest BCUT2D eigenvalue weighted by atomic mass is 35.5. The summed E-state index contributed by atoms with van der Waals surface area (Å²) in [7, 11) is 0. The van der Waals surface area contributed by atoms with E-state index in [0.29, 0.717) is 16.7 Å². The van der Waals surface area contributed by atoms with Gasteiger partial charge in [-0.3, -0.25) is 4.98 Å². The fourth-order valence-electron chi connectivity index (χ4n) is 2.11. The van der Waals surface area contributed by atoms with Crippen LogP contribution in [0, 0.1) is 5.82 Å². The van der Waals surface area contributed by atoms with E-state index in [-0.39, 0.29) is 5.02 Å². The quantitative estimate of drug-likeness (QED) is 0.782. The Balaban J connectivity index is 2.08. The van der Waals surface area contributed by atoms with Crippen LogP contribution in [-0.2, 0) is 5.60 Å². The van der Waals surface area contributed by atoms with Gasteiger partial charge in [0.05, 0.1) is 16.7 Å². The average Bonchev–Trinajstić information content (AvgIpc) is 2.50. The summed E-state index contributed by atoms with van der Waals surface area (Å²) >= 11 is 5.99. The van der Waals surface area contributed by atoms with Gasteiger partial charge in [0.1, 0.15) is 5.60 Å². The molecule has 3 rings (SSSR count). The van der Waals surface area contributed by atoms with Crippen molar-refractivity contribution in [1.82, 2.24) is 15.0 Å². The van der Waals surface area contributed by atoms with Crippen molar-refractivity contribution in [1.29, 1.82) is 0 Å². The normalized spacial score (nSPS) is 11.9. The maximum absolute atomic E-state index is 13.5. The molecule has 0 aliphatic carbocycles. The summed E-state index contributed by atoms with van der Waals surface area (Å²) in [6.45, 7) is 3.23. The summed E-state index contributed by atoms with van der Waals surface area (Å²) < 4.78 is 13.5. The Labute approximate surface area is 131 Å². The van der Waals surface area contributed by atoms with Gasteiger partial charge in [0.15, 0.2) is 11.6 Å². The lowest BCUT2D eigenvalue weighted by Crippen LogP contribution is -2.19. The molecule has 2 heterocycles. The average molecular weight is 318 g/mol. The van der Waals surface area contributed by atoms with Gasteiger partial charge in [0.2, 0.25) is 0 Å². The number of nitrogens with zero attached hydrogens (tertiary/aromatic N) is 3. The van der Waals surface area contributed by atoms with Gasteiger partial charge in [-0.25, -0.2) is 14.4 Å². The van der Waals surface area contributed by atoms with E-state index in [2.05, 4.69) is 15.0 Å². The van der Waals surface area contributed by atoms with Crippen molar-refractivity contribution >= 4 is 22.5 Å². The molecule has 0 bridgehead atoms. The SMILES string of the molecule is CC(C)(O)c1ncc(-c2ccc3ncc(F)c(Cl)c3c2)cn1. The summed E-state index contributed by atoms with van der Waals surface area (Å²) in [6.07, 6.45) is 4.33. The lowest BCUT2D eigenvalue weighted by Gasteiger charge is -2.15. The van der Waals surface area contributed by atoms with E-state index in [4.69, 9.17) is 11.6 Å². The lowest BCUT2D eigenvalue weighted by atomic mass is 10.1. The van der Waals surface area contributed by atoms with Gasteiger partial charge in [-0.05, 0) is 31.5 Å². The summed E-state index contributed by atoms with van der Waals surface area (Å²) in [6, 6.07) is 5.35. The van der Waals surface area contributed by atoms with Crippen LogP contribution in [-0.4, -0.2) is 20.1 Å². The largest absolute Gasteiger partial charge is 0.382 e. The van der Waals surface area contributed by atoms with E-state index >= 15 is 0 Å². The summed E-state index contributed by atoms with van der Waals surface area (Å²) in [5, 5.41) is 10.4. The van der Waals surface area contributed by atoms with Gasteiger partial charge >= 0.3 is 0 Å². The van der Waals surface area contributed by atoms with Crippen molar-refractivity contribution in [2.45, 2.75) is 19.4 Å². The molecule has 0 fully saturated rings. The Morgan fingerprint density at radius 2 is 1.73 bits per heavy atom. The van der Waals surface area contributed by atoms with Crippen LogP contribution in [0.3, 0.4) is 0 Å². The highest BCUT2D eigenvalue weighted by Crippen LogP contribution is 2.29. The standard InChI is InChI=1S/C16H13ClFN3O/c1-16(2,22)15-20-6-10(7-21-15)9-3-4-13-11(5-9)14(17)12(18)8-19-13/h3-8,22H,1-2H3.